The first-order valence-electron chi connectivity index (χ1n) is 10.3. The first-order valence-corrected chi connectivity index (χ1v) is 10.3. The second kappa shape index (κ2) is 9.80. The van der Waals surface area contributed by atoms with Gasteiger partial charge in [-0.15, -0.1) is 0 Å². The molecule has 1 aromatic carbocycles. The van der Waals surface area contributed by atoms with Crippen LogP contribution < -0.4 is 20.3 Å². The lowest BCUT2D eigenvalue weighted by atomic mass is 10.1. The average molecular weight is 420 g/mol. The molecule has 1 aliphatic heterocycles. The minimum atomic E-state index is -0.362. The van der Waals surface area contributed by atoms with Crippen molar-refractivity contribution in [1.82, 2.24) is 4.98 Å². The van der Waals surface area contributed by atoms with Crippen molar-refractivity contribution < 1.29 is 18.7 Å². The van der Waals surface area contributed by atoms with E-state index in [1.807, 2.05) is 6.07 Å². The van der Waals surface area contributed by atoms with E-state index in [2.05, 4.69) is 20.5 Å². The van der Waals surface area contributed by atoms with Crippen LogP contribution >= 0.6 is 0 Å². The molecule has 8 heteroatoms. The second-order valence-corrected chi connectivity index (χ2v) is 7.25. The van der Waals surface area contributed by atoms with Crippen molar-refractivity contribution in [2.24, 2.45) is 0 Å². The number of anilines is 3. The third-order valence-corrected chi connectivity index (χ3v) is 4.94. The fraction of sp³-hybridized carbons (Fsp3) is 0.261. The normalized spacial score (nSPS) is 13.5. The van der Waals surface area contributed by atoms with Crippen molar-refractivity contribution in [3.8, 4) is 5.75 Å². The molecule has 160 valence electrons. The quantitative estimate of drug-likeness (QED) is 0.601. The molecule has 0 spiro atoms. The van der Waals surface area contributed by atoms with Gasteiger partial charge < -0.3 is 24.7 Å². The summed E-state index contributed by atoms with van der Waals surface area (Å²) < 4.78 is 10.6. The summed E-state index contributed by atoms with van der Waals surface area (Å²) in [6.07, 6.45) is 6.89. The molecule has 2 aromatic heterocycles. The molecule has 0 bridgehead atoms. The highest BCUT2D eigenvalue weighted by Gasteiger charge is 2.12. The molecular weight excluding hydrogens is 396 g/mol. The molecule has 0 unspecified atom stereocenters. The number of benzene rings is 1. The number of carbonyl (C=O) groups excluding carboxylic acids is 2. The predicted molar refractivity (Wildman–Crippen MR) is 118 cm³/mol. The first-order chi connectivity index (χ1) is 15.2. The number of furan rings is 1. The molecule has 1 saturated heterocycles. The Labute approximate surface area is 180 Å². The highest BCUT2D eigenvalue weighted by atomic mass is 16.5. The number of rotatable bonds is 7. The number of carbonyl (C=O) groups is 2. The lowest BCUT2D eigenvalue weighted by Crippen LogP contribution is -2.29. The molecule has 1 aliphatic rings. The van der Waals surface area contributed by atoms with Crippen LogP contribution in [-0.4, -0.2) is 36.5 Å². The topological polar surface area (TPSA) is 96.7 Å². The van der Waals surface area contributed by atoms with Crippen molar-refractivity contribution in [3.63, 3.8) is 0 Å². The van der Waals surface area contributed by atoms with Crippen molar-refractivity contribution in [2.45, 2.75) is 19.3 Å². The van der Waals surface area contributed by atoms with E-state index in [9.17, 15) is 9.59 Å². The van der Waals surface area contributed by atoms with E-state index in [4.69, 9.17) is 9.15 Å². The molecule has 3 heterocycles. The van der Waals surface area contributed by atoms with Gasteiger partial charge in [-0.1, -0.05) is 6.07 Å². The Morgan fingerprint density at radius 3 is 2.65 bits per heavy atom. The van der Waals surface area contributed by atoms with Crippen molar-refractivity contribution in [2.75, 3.05) is 35.2 Å². The number of amides is 2. The Morgan fingerprint density at radius 2 is 1.90 bits per heavy atom. The number of nitrogens with zero attached hydrogens (tertiary/aromatic N) is 2. The molecule has 3 aromatic rings. The number of piperidine rings is 1. The molecule has 0 radical (unpaired) electrons. The number of pyridine rings is 1. The van der Waals surface area contributed by atoms with E-state index in [0.29, 0.717) is 17.3 Å². The fourth-order valence-corrected chi connectivity index (χ4v) is 3.39. The van der Waals surface area contributed by atoms with Crippen LogP contribution in [0, 0.1) is 0 Å². The van der Waals surface area contributed by atoms with Crippen LogP contribution in [0.1, 0.15) is 29.8 Å². The van der Waals surface area contributed by atoms with Crippen LogP contribution in [0.3, 0.4) is 0 Å². The second-order valence-electron chi connectivity index (χ2n) is 7.25. The van der Waals surface area contributed by atoms with Crippen LogP contribution in [0.2, 0.25) is 0 Å². The molecule has 1 fully saturated rings. The molecule has 4 rings (SSSR count). The Kier molecular flexibility index (Phi) is 6.47. The summed E-state index contributed by atoms with van der Waals surface area (Å²) in [5, 5.41) is 5.45. The van der Waals surface area contributed by atoms with Gasteiger partial charge in [0.2, 0.25) is 0 Å². The largest absolute Gasteiger partial charge is 0.484 e. The summed E-state index contributed by atoms with van der Waals surface area (Å²) in [5.74, 6) is 0.473. The number of hydrogen-bond donors (Lipinski definition) is 2. The van der Waals surface area contributed by atoms with Gasteiger partial charge >= 0.3 is 0 Å². The lowest BCUT2D eigenvalue weighted by Gasteiger charge is -2.28. The van der Waals surface area contributed by atoms with Crippen LogP contribution in [0.15, 0.2) is 65.4 Å². The summed E-state index contributed by atoms with van der Waals surface area (Å²) in [4.78, 5) is 30.9. The average Bonchev–Trinajstić information content (AvgIpc) is 3.34. The van der Waals surface area contributed by atoms with Crippen LogP contribution in [-0.2, 0) is 4.79 Å². The Bertz CT molecular complexity index is 1010. The monoisotopic (exact) mass is 420 g/mol. The van der Waals surface area contributed by atoms with Gasteiger partial charge in [0.1, 0.15) is 11.6 Å². The van der Waals surface area contributed by atoms with E-state index >= 15 is 0 Å². The number of aromatic nitrogens is 1. The molecule has 2 amide bonds. The molecule has 0 aliphatic carbocycles. The SMILES string of the molecule is O=C(COc1cccc(NC(=O)c2ccco2)c1)Nc1ccc(N2CCCCC2)cn1. The zero-order valence-electron chi connectivity index (χ0n) is 17.0. The van der Waals surface area contributed by atoms with Gasteiger partial charge in [-0.2, -0.15) is 0 Å². The first kappa shape index (κ1) is 20.5. The van der Waals surface area contributed by atoms with E-state index in [0.717, 1.165) is 18.8 Å². The summed E-state index contributed by atoms with van der Waals surface area (Å²) >= 11 is 0. The fourth-order valence-electron chi connectivity index (χ4n) is 3.39. The summed E-state index contributed by atoms with van der Waals surface area (Å²) in [6, 6.07) is 13.8. The van der Waals surface area contributed by atoms with Gasteiger partial charge in [-0.05, 0) is 55.7 Å². The van der Waals surface area contributed by atoms with Gasteiger partial charge in [0, 0.05) is 24.8 Å². The van der Waals surface area contributed by atoms with E-state index in [1.54, 1.807) is 48.7 Å². The van der Waals surface area contributed by atoms with Crippen LogP contribution in [0.4, 0.5) is 17.2 Å². The summed E-state index contributed by atoms with van der Waals surface area (Å²) in [5.41, 5.74) is 1.61. The smallest absolute Gasteiger partial charge is 0.291 e. The molecule has 8 nitrogen and oxygen atoms in total. The van der Waals surface area contributed by atoms with Crippen molar-refractivity contribution in [1.29, 1.82) is 0 Å². The van der Waals surface area contributed by atoms with Gasteiger partial charge in [-0.25, -0.2) is 4.98 Å². The summed E-state index contributed by atoms with van der Waals surface area (Å²) in [6.45, 7) is 1.91. The minimum absolute atomic E-state index is 0.175. The maximum atomic E-state index is 12.2. The van der Waals surface area contributed by atoms with Crippen LogP contribution in [0.5, 0.6) is 5.75 Å². The van der Waals surface area contributed by atoms with E-state index in [1.165, 1.54) is 25.5 Å². The zero-order chi connectivity index (χ0) is 21.5. The van der Waals surface area contributed by atoms with Gasteiger partial charge in [-0.3, -0.25) is 9.59 Å². The lowest BCUT2D eigenvalue weighted by molar-refractivity contribution is -0.118. The molecule has 2 N–H and O–H groups in total. The van der Waals surface area contributed by atoms with Crippen LogP contribution in [0.25, 0.3) is 0 Å². The molecule has 31 heavy (non-hydrogen) atoms. The van der Waals surface area contributed by atoms with E-state index in [-0.39, 0.29) is 24.2 Å². The predicted octanol–water partition coefficient (Wildman–Crippen LogP) is 3.93. The number of nitrogens with one attached hydrogen (secondary N) is 2. The van der Waals surface area contributed by atoms with Crippen molar-refractivity contribution in [3.05, 3.63) is 66.8 Å². The maximum Gasteiger partial charge on any atom is 0.291 e. The van der Waals surface area contributed by atoms with Gasteiger partial charge in [0.25, 0.3) is 11.8 Å². The molecular formula is C23H24N4O4. The maximum absolute atomic E-state index is 12.2. The minimum Gasteiger partial charge on any atom is -0.484 e. The Morgan fingerprint density at radius 1 is 1.03 bits per heavy atom. The molecule has 0 atom stereocenters. The highest BCUT2D eigenvalue weighted by Crippen LogP contribution is 2.21. The number of ether oxygens (including phenoxy) is 1. The van der Waals surface area contributed by atoms with E-state index < -0.39 is 0 Å². The standard InChI is InChI=1S/C23H24N4O4/c28-22(26-21-10-9-18(15-24-21)27-11-2-1-3-12-27)16-31-19-7-4-6-17(14-19)25-23(29)20-8-5-13-30-20/h4-10,13-15H,1-3,11-12,16H2,(H,25,29)(H,24,26,28). The third kappa shape index (κ3) is 5.63. The molecule has 0 saturated carbocycles. The highest BCUT2D eigenvalue weighted by molar-refractivity contribution is 6.02. The van der Waals surface area contributed by atoms with Crippen molar-refractivity contribution >= 4 is 29.0 Å². The third-order valence-electron chi connectivity index (χ3n) is 4.94. The Hall–Kier alpha value is -3.81. The van der Waals surface area contributed by atoms with Gasteiger partial charge in [0.05, 0.1) is 18.1 Å². The Balaban J connectivity index is 1.27. The van der Waals surface area contributed by atoms with Gasteiger partial charge in [0.15, 0.2) is 12.4 Å². The number of hydrogen-bond acceptors (Lipinski definition) is 6. The zero-order valence-corrected chi connectivity index (χ0v) is 17.0. The summed E-state index contributed by atoms with van der Waals surface area (Å²) in [7, 11) is 0.